The molecule has 0 aliphatic heterocycles. The van der Waals surface area contributed by atoms with Crippen LogP contribution in [0.3, 0.4) is 0 Å². The minimum Gasteiger partial charge on any atom is -0.281 e. The number of alkyl halides is 9. The lowest BCUT2D eigenvalue weighted by Gasteiger charge is -2.31. The normalized spacial score (nSPS) is 12.8. The molecular formula is C42H28F9O3PS. The minimum atomic E-state index is -7.37. The van der Waals surface area contributed by atoms with Crippen LogP contribution in [-0.4, -0.2) is 36.2 Å². The van der Waals surface area contributed by atoms with Crippen molar-refractivity contribution in [1.82, 2.24) is 0 Å². The van der Waals surface area contributed by atoms with E-state index in [-0.39, 0.29) is 0 Å². The lowest BCUT2D eigenvalue weighted by Crippen LogP contribution is -2.63. The van der Waals surface area contributed by atoms with Crippen molar-refractivity contribution in [1.29, 1.82) is 0 Å². The Hall–Kier alpha value is -5.23. The summed E-state index contributed by atoms with van der Waals surface area (Å²) in [6.45, 7) is 0. The highest BCUT2D eigenvalue weighted by Gasteiger charge is 2.85. The van der Waals surface area contributed by atoms with Crippen molar-refractivity contribution in [3.8, 4) is 22.3 Å². The van der Waals surface area contributed by atoms with E-state index in [2.05, 4.69) is 164 Å². The molecular weight excluding hydrogens is 786 g/mol. The zero-order chi connectivity index (χ0) is 40.5. The van der Waals surface area contributed by atoms with Gasteiger partial charge in [0.15, 0.2) is 0 Å². The highest BCUT2D eigenvalue weighted by Crippen LogP contribution is 2.54. The summed E-state index contributed by atoms with van der Waals surface area (Å²) < 4.78 is 134. The van der Waals surface area contributed by atoms with Gasteiger partial charge in [0.25, 0.3) is 0 Å². The molecule has 0 radical (unpaired) electrons. The summed E-state index contributed by atoms with van der Waals surface area (Å²) in [6, 6.07) is 59.8. The Labute approximate surface area is 316 Å². The molecule has 3 nitrogen and oxygen atoms in total. The second-order valence-electron chi connectivity index (χ2n) is 12.5. The van der Waals surface area contributed by atoms with Gasteiger partial charge in [-0.15, -0.1) is 0 Å². The molecule has 0 bridgehead atoms. The maximum absolute atomic E-state index is 12.2. The summed E-state index contributed by atoms with van der Waals surface area (Å²) >= 11 is 0. The summed E-state index contributed by atoms with van der Waals surface area (Å²) in [5.74, 6) is -14.7. The van der Waals surface area contributed by atoms with Crippen LogP contribution in [0.25, 0.3) is 43.8 Å². The van der Waals surface area contributed by atoms with Crippen LogP contribution >= 0.6 is 7.92 Å². The van der Waals surface area contributed by atoms with Gasteiger partial charge in [0, 0.05) is 0 Å². The van der Waals surface area contributed by atoms with Crippen LogP contribution in [0, 0.1) is 0 Å². The maximum atomic E-state index is 12.2. The van der Waals surface area contributed by atoms with Gasteiger partial charge in [-0.1, -0.05) is 164 Å². The fourth-order valence-corrected chi connectivity index (χ4v) is 8.79. The topological polar surface area (TPSA) is 54.4 Å². The first kappa shape index (κ1) is 40.4. The summed E-state index contributed by atoms with van der Waals surface area (Å²) in [7, 11) is -7.84. The Kier molecular flexibility index (Phi) is 11.1. The Morgan fingerprint density at radius 3 is 1.16 bits per heavy atom. The van der Waals surface area contributed by atoms with Crippen molar-refractivity contribution in [2.75, 3.05) is 0 Å². The average Bonchev–Trinajstić information content (AvgIpc) is 3.18. The number of fused-ring (bicyclic) bond motifs is 2. The quantitative estimate of drug-likeness (QED) is 0.0944. The molecule has 7 aromatic rings. The predicted octanol–water partition coefficient (Wildman–Crippen LogP) is 11.4. The number of rotatable bonds is 8. The molecule has 288 valence electrons. The van der Waals surface area contributed by atoms with Gasteiger partial charge in [-0.05, 0) is 67.6 Å². The van der Waals surface area contributed by atoms with Crippen LogP contribution in [-0.2, 0) is 10.1 Å². The van der Waals surface area contributed by atoms with Crippen LogP contribution < -0.4 is 15.9 Å². The maximum Gasteiger partial charge on any atom is 0.460 e. The lowest BCUT2D eigenvalue weighted by molar-refractivity contribution is -0.382. The molecule has 0 heterocycles. The van der Waals surface area contributed by atoms with E-state index in [4.69, 9.17) is 4.55 Å². The van der Waals surface area contributed by atoms with Gasteiger partial charge >= 0.3 is 33.4 Å². The van der Waals surface area contributed by atoms with E-state index in [0.717, 1.165) is 0 Å². The van der Waals surface area contributed by atoms with Crippen molar-refractivity contribution in [3.63, 3.8) is 0 Å². The average molecular weight is 815 g/mol. The molecule has 7 rings (SSSR count). The third-order valence-corrected chi connectivity index (χ3v) is 12.3. The number of hydrogen-bond acceptors (Lipinski definition) is 2. The van der Waals surface area contributed by atoms with E-state index in [1.54, 1.807) is 0 Å². The van der Waals surface area contributed by atoms with Crippen molar-refractivity contribution < 1.29 is 52.5 Å². The molecule has 0 spiro atoms. The van der Waals surface area contributed by atoms with Gasteiger partial charge in [0.05, 0.1) is 0 Å². The number of halogens is 9. The molecule has 0 saturated heterocycles. The first-order chi connectivity index (χ1) is 26.3. The molecule has 56 heavy (non-hydrogen) atoms. The van der Waals surface area contributed by atoms with E-state index >= 15 is 0 Å². The fourth-order valence-electron chi connectivity index (χ4n) is 6.08. The predicted molar refractivity (Wildman–Crippen MR) is 203 cm³/mol. The van der Waals surface area contributed by atoms with Crippen molar-refractivity contribution in [2.45, 2.75) is 23.3 Å². The molecule has 0 atom stereocenters. The van der Waals surface area contributed by atoms with Crippen LogP contribution in [0.2, 0.25) is 0 Å². The summed E-state index contributed by atoms with van der Waals surface area (Å²) in [5.41, 5.74) is 5.07. The largest absolute Gasteiger partial charge is 0.460 e. The van der Waals surface area contributed by atoms with Crippen molar-refractivity contribution in [3.05, 3.63) is 164 Å². The Bertz CT molecular complexity index is 2450. The van der Waals surface area contributed by atoms with Gasteiger partial charge in [-0.25, -0.2) is 0 Å². The lowest BCUT2D eigenvalue weighted by atomic mass is 9.98. The molecule has 1 N–H and O–H groups in total. The Morgan fingerprint density at radius 1 is 0.411 bits per heavy atom. The molecule has 7 aromatic carbocycles. The summed E-state index contributed by atoms with van der Waals surface area (Å²) in [4.78, 5) is 0. The first-order valence-corrected chi connectivity index (χ1v) is 19.3. The molecule has 0 aliphatic rings. The standard InChI is InChI=1S/C38H27P.C4HF9O3S/c1-2-14-32(15-3-1)39(33-24-20-30(21-25-33)37-18-8-12-28-10-4-6-16-35(28)37)34-26-22-31(23-27-34)38-19-9-13-29-11-5-7-17-36(29)38;5-1(6,3(9,10)11)2(7,8)4(12,13)17(14,15)16/h1-27H;(H,14,15,16). The first-order valence-electron chi connectivity index (χ1n) is 16.5. The number of benzene rings is 7. The van der Waals surface area contributed by atoms with E-state index in [9.17, 15) is 47.9 Å². The smallest absolute Gasteiger partial charge is 0.281 e. The minimum absolute atomic E-state index is 0.678. The second-order valence-corrected chi connectivity index (χ2v) is 16.1. The van der Waals surface area contributed by atoms with E-state index in [0.29, 0.717) is 0 Å². The van der Waals surface area contributed by atoms with Crippen molar-refractivity contribution >= 4 is 55.5 Å². The summed E-state index contributed by atoms with van der Waals surface area (Å²) in [6.07, 6.45) is -7.13. The SMILES string of the molecule is O=S(=O)(O)C(F)(F)C(F)(F)C(F)(F)C(F)(F)F.c1ccc(P(c2ccc(-c3cccc4ccccc34)cc2)c2ccc(-c3cccc4ccccc34)cc2)cc1. The van der Waals surface area contributed by atoms with E-state index in [1.807, 2.05) is 0 Å². The number of hydrogen-bond donors (Lipinski definition) is 1. The van der Waals surface area contributed by atoms with Gasteiger partial charge < -0.3 is 0 Å². The van der Waals surface area contributed by atoms with Crippen LogP contribution in [0.1, 0.15) is 0 Å². The molecule has 0 amide bonds. The van der Waals surface area contributed by atoms with Gasteiger partial charge in [0.2, 0.25) is 0 Å². The van der Waals surface area contributed by atoms with Gasteiger partial charge in [0.1, 0.15) is 0 Å². The highest BCUT2D eigenvalue weighted by molar-refractivity contribution is 7.87. The third-order valence-electron chi connectivity index (χ3n) is 8.91. The van der Waals surface area contributed by atoms with Crippen LogP contribution in [0.15, 0.2) is 164 Å². The molecule has 0 fully saturated rings. The Morgan fingerprint density at radius 2 is 0.768 bits per heavy atom. The van der Waals surface area contributed by atoms with Gasteiger partial charge in [-0.3, -0.25) is 4.55 Å². The van der Waals surface area contributed by atoms with E-state index in [1.165, 1.54) is 59.7 Å². The molecule has 0 aromatic heterocycles. The Balaban J connectivity index is 0.000000266. The van der Waals surface area contributed by atoms with Crippen LogP contribution in [0.4, 0.5) is 39.5 Å². The summed E-state index contributed by atoms with van der Waals surface area (Å²) in [5, 5.41) is 2.22. The molecule has 0 unspecified atom stereocenters. The third kappa shape index (κ3) is 7.63. The second kappa shape index (κ2) is 15.4. The molecule has 14 heteroatoms. The van der Waals surface area contributed by atoms with E-state index < -0.39 is 41.3 Å². The molecule has 0 aliphatic carbocycles. The fraction of sp³-hybridized carbons (Fsp3) is 0.0952. The zero-order valence-electron chi connectivity index (χ0n) is 28.6. The monoisotopic (exact) mass is 814 g/mol. The van der Waals surface area contributed by atoms with Crippen molar-refractivity contribution in [2.24, 2.45) is 0 Å². The highest BCUT2D eigenvalue weighted by atomic mass is 32.2. The molecule has 0 saturated carbocycles. The van der Waals surface area contributed by atoms with Gasteiger partial charge in [-0.2, -0.15) is 47.9 Å². The van der Waals surface area contributed by atoms with Crippen LogP contribution in [0.5, 0.6) is 0 Å². The zero-order valence-corrected chi connectivity index (χ0v) is 30.3.